The van der Waals surface area contributed by atoms with Gasteiger partial charge in [0.15, 0.2) is 6.29 Å². The number of halogens is 1. The van der Waals surface area contributed by atoms with E-state index in [-0.39, 0.29) is 18.2 Å². The monoisotopic (exact) mass is 405 g/mol. The Kier molecular flexibility index (Phi) is 4.87. The maximum absolute atomic E-state index is 13.0. The van der Waals surface area contributed by atoms with Gasteiger partial charge >= 0.3 is 0 Å². The summed E-state index contributed by atoms with van der Waals surface area (Å²) in [6.45, 7) is 1.92. The van der Waals surface area contributed by atoms with Gasteiger partial charge in [-0.1, -0.05) is 28.1 Å². The Morgan fingerprint density at radius 1 is 1.20 bits per heavy atom. The fourth-order valence-corrected chi connectivity index (χ4v) is 3.71. The van der Waals surface area contributed by atoms with Crippen LogP contribution in [0.2, 0.25) is 0 Å². The number of aromatic nitrogens is 2. The number of benzene rings is 1. The Morgan fingerprint density at radius 3 is 2.72 bits per heavy atom. The summed E-state index contributed by atoms with van der Waals surface area (Å²) in [5.74, 6) is -0.0420. The number of nitrogens with one attached hydrogen (secondary N) is 1. The molecule has 2 aromatic rings. The second kappa shape index (κ2) is 7.27. The standard InChI is InChI=1S/C18H20BrN3O3/c19-13-6-4-12(5-7-13)14-11-15(21-20-14)17(23)22-8-2-1-3-16(22)18-24-9-10-25-18/h4-7,11,16,18H,1-3,8-10H2,(H,20,21)/t16-/m0/s1. The normalized spacial score (nSPS) is 21.6. The molecule has 0 bridgehead atoms. The largest absolute Gasteiger partial charge is 0.348 e. The van der Waals surface area contributed by atoms with Crippen LogP contribution < -0.4 is 0 Å². The Hall–Kier alpha value is -1.70. The number of nitrogens with zero attached hydrogens (tertiary/aromatic N) is 2. The number of amides is 1. The third-order valence-corrected chi connectivity index (χ3v) is 5.25. The zero-order chi connectivity index (χ0) is 17.2. The highest BCUT2D eigenvalue weighted by Crippen LogP contribution is 2.27. The van der Waals surface area contributed by atoms with Gasteiger partial charge in [0.1, 0.15) is 5.69 Å². The molecule has 0 aliphatic carbocycles. The van der Waals surface area contributed by atoms with Crippen molar-refractivity contribution in [1.29, 1.82) is 0 Å². The number of hydrogen-bond donors (Lipinski definition) is 1. The quantitative estimate of drug-likeness (QED) is 0.850. The summed E-state index contributed by atoms with van der Waals surface area (Å²) in [4.78, 5) is 14.9. The van der Waals surface area contributed by atoms with Crippen molar-refractivity contribution in [2.24, 2.45) is 0 Å². The lowest BCUT2D eigenvalue weighted by atomic mass is 10.0. The van der Waals surface area contributed by atoms with Crippen LogP contribution in [0, 0.1) is 0 Å². The van der Waals surface area contributed by atoms with E-state index in [0.717, 1.165) is 41.5 Å². The molecule has 25 heavy (non-hydrogen) atoms. The van der Waals surface area contributed by atoms with Crippen LogP contribution in [0.3, 0.4) is 0 Å². The first-order valence-corrected chi connectivity index (χ1v) is 9.37. The van der Waals surface area contributed by atoms with Crippen molar-refractivity contribution in [2.75, 3.05) is 19.8 Å². The lowest BCUT2D eigenvalue weighted by Gasteiger charge is -2.37. The van der Waals surface area contributed by atoms with E-state index in [1.54, 1.807) is 0 Å². The van der Waals surface area contributed by atoms with Crippen LogP contribution in [0.15, 0.2) is 34.8 Å². The first-order chi connectivity index (χ1) is 12.2. The Bertz CT molecular complexity index is 740. The highest BCUT2D eigenvalue weighted by atomic mass is 79.9. The molecule has 2 fully saturated rings. The number of likely N-dealkylation sites (tertiary alicyclic amines) is 1. The Morgan fingerprint density at radius 2 is 1.96 bits per heavy atom. The summed E-state index contributed by atoms with van der Waals surface area (Å²) in [6.07, 6.45) is 2.69. The van der Waals surface area contributed by atoms with E-state index in [2.05, 4.69) is 26.1 Å². The van der Waals surface area contributed by atoms with Gasteiger partial charge in [0.2, 0.25) is 0 Å². The van der Waals surface area contributed by atoms with Crippen molar-refractivity contribution >= 4 is 21.8 Å². The van der Waals surface area contributed by atoms with Gasteiger partial charge in [0, 0.05) is 16.6 Å². The predicted octanol–water partition coefficient (Wildman–Crippen LogP) is 3.21. The molecule has 1 N–H and O–H groups in total. The van der Waals surface area contributed by atoms with E-state index < -0.39 is 0 Å². The molecule has 1 aromatic carbocycles. The van der Waals surface area contributed by atoms with Crippen LogP contribution in [0.1, 0.15) is 29.8 Å². The summed E-state index contributed by atoms with van der Waals surface area (Å²) in [6, 6.07) is 9.65. The number of carbonyl (C=O) groups excluding carboxylic acids is 1. The fourth-order valence-electron chi connectivity index (χ4n) is 3.45. The molecule has 0 unspecified atom stereocenters. The Labute approximate surface area is 154 Å². The molecule has 1 atom stereocenters. The maximum atomic E-state index is 13.0. The minimum absolute atomic E-state index is 0.0248. The SMILES string of the molecule is O=C(c1cc(-c2ccc(Br)cc2)n[nH]1)N1CCCC[C@H]1C1OCCO1. The van der Waals surface area contributed by atoms with Gasteiger partial charge in [0.25, 0.3) is 5.91 Å². The van der Waals surface area contributed by atoms with E-state index >= 15 is 0 Å². The van der Waals surface area contributed by atoms with Crippen LogP contribution >= 0.6 is 15.9 Å². The zero-order valence-corrected chi connectivity index (χ0v) is 15.4. The van der Waals surface area contributed by atoms with Gasteiger partial charge in [-0.25, -0.2) is 0 Å². The molecule has 0 radical (unpaired) electrons. The predicted molar refractivity (Wildman–Crippen MR) is 96.1 cm³/mol. The van der Waals surface area contributed by atoms with E-state index in [0.29, 0.717) is 18.9 Å². The van der Waals surface area contributed by atoms with Gasteiger partial charge in [-0.3, -0.25) is 9.89 Å². The molecule has 7 heteroatoms. The molecule has 3 heterocycles. The molecule has 0 saturated carbocycles. The average molecular weight is 406 g/mol. The summed E-state index contributed by atoms with van der Waals surface area (Å²) >= 11 is 3.42. The number of ether oxygens (including phenoxy) is 2. The van der Waals surface area contributed by atoms with Crippen LogP contribution in [0.5, 0.6) is 0 Å². The van der Waals surface area contributed by atoms with Crippen molar-refractivity contribution in [3.8, 4) is 11.3 Å². The van der Waals surface area contributed by atoms with Crippen molar-refractivity contribution in [2.45, 2.75) is 31.6 Å². The van der Waals surface area contributed by atoms with Gasteiger partial charge < -0.3 is 14.4 Å². The molecule has 2 aliphatic rings. The van der Waals surface area contributed by atoms with Gasteiger partial charge in [-0.2, -0.15) is 5.10 Å². The molecule has 2 aliphatic heterocycles. The second-order valence-corrected chi connectivity index (χ2v) is 7.26. The molecule has 4 rings (SSSR count). The smallest absolute Gasteiger partial charge is 0.272 e. The number of aromatic amines is 1. The van der Waals surface area contributed by atoms with Gasteiger partial charge in [0.05, 0.1) is 24.9 Å². The minimum atomic E-state index is -0.307. The zero-order valence-electron chi connectivity index (χ0n) is 13.8. The summed E-state index contributed by atoms with van der Waals surface area (Å²) in [5, 5.41) is 7.20. The highest BCUT2D eigenvalue weighted by Gasteiger charge is 2.37. The molecule has 1 aromatic heterocycles. The summed E-state index contributed by atoms with van der Waals surface area (Å²) in [7, 11) is 0. The van der Waals surface area contributed by atoms with Crippen molar-refractivity contribution in [1.82, 2.24) is 15.1 Å². The van der Waals surface area contributed by atoms with Crippen LogP contribution in [-0.2, 0) is 9.47 Å². The number of piperidine rings is 1. The van der Waals surface area contributed by atoms with Crippen LogP contribution in [-0.4, -0.2) is 53.1 Å². The first kappa shape index (κ1) is 16.8. The summed E-state index contributed by atoms with van der Waals surface area (Å²) in [5.41, 5.74) is 2.23. The molecule has 132 valence electrons. The molecule has 6 nitrogen and oxygen atoms in total. The molecular formula is C18H20BrN3O3. The first-order valence-electron chi connectivity index (χ1n) is 8.58. The number of H-pyrrole nitrogens is 1. The molecule has 1 amide bonds. The highest BCUT2D eigenvalue weighted by molar-refractivity contribution is 9.10. The lowest BCUT2D eigenvalue weighted by molar-refractivity contribution is -0.100. The Balaban J connectivity index is 1.54. The number of carbonyl (C=O) groups is 1. The number of hydrogen-bond acceptors (Lipinski definition) is 4. The van der Waals surface area contributed by atoms with Gasteiger partial charge in [-0.15, -0.1) is 0 Å². The molecule has 0 spiro atoms. The van der Waals surface area contributed by atoms with Crippen LogP contribution in [0.4, 0.5) is 0 Å². The van der Waals surface area contributed by atoms with E-state index in [1.165, 1.54) is 0 Å². The summed E-state index contributed by atoms with van der Waals surface area (Å²) < 4.78 is 12.3. The third kappa shape index (κ3) is 3.49. The van der Waals surface area contributed by atoms with Gasteiger partial charge in [-0.05, 0) is 37.5 Å². The number of rotatable bonds is 3. The second-order valence-electron chi connectivity index (χ2n) is 6.35. The lowest BCUT2D eigenvalue weighted by Crippen LogP contribution is -2.50. The minimum Gasteiger partial charge on any atom is -0.348 e. The third-order valence-electron chi connectivity index (χ3n) is 4.72. The van der Waals surface area contributed by atoms with E-state index in [9.17, 15) is 4.79 Å². The van der Waals surface area contributed by atoms with Crippen molar-refractivity contribution < 1.29 is 14.3 Å². The fraction of sp³-hybridized carbons (Fsp3) is 0.444. The van der Waals surface area contributed by atoms with Crippen molar-refractivity contribution in [3.05, 3.63) is 40.5 Å². The molecule has 2 saturated heterocycles. The average Bonchev–Trinajstić information content (AvgIpc) is 3.34. The molecular weight excluding hydrogens is 386 g/mol. The van der Waals surface area contributed by atoms with E-state index in [1.807, 2.05) is 35.2 Å². The van der Waals surface area contributed by atoms with E-state index in [4.69, 9.17) is 9.47 Å². The van der Waals surface area contributed by atoms with Crippen LogP contribution in [0.25, 0.3) is 11.3 Å². The topological polar surface area (TPSA) is 67.5 Å². The van der Waals surface area contributed by atoms with Crippen molar-refractivity contribution in [3.63, 3.8) is 0 Å². The maximum Gasteiger partial charge on any atom is 0.272 e.